The summed E-state index contributed by atoms with van der Waals surface area (Å²) in [5, 5.41) is 9.57. The highest BCUT2D eigenvalue weighted by molar-refractivity contribution is 5.58. The van der Waals surface area contributed by atoms with E-state index in [2.05, 4.69) is 6.92 Å². The summed E-state index contributed by atoms with van der Waals surface area (Å²) in [7, 11) is 0. The van der Waals surface area contributed by atoms with Crippen LogP contribution >= 0.6 is 0 Å². The number of hydrogen-bond donors (Lipinski definition) is 1. The number of para-hydroxylation sites is 1. The first-order valence-corrected chi connectivity index (χ1v) is 4.20. The third-order valence-electron chi connectivity index (χ3n) is 1.80. The van der Waals surface area contributed by atoms with E-state index in [1.165, 1.54) is 0 Å². The van der Waals surface area contributed by atoms with Gasteiger partial charge in [0.1, 0.15) is 5.75 Å². The Labute approximate surface area is 73.4 Å². The van der Waals surface area contributed by atoms with Gasteiger partial charge < -0.3 is 5.11 Å². The summed E-state index contributed by atoms with van der Waals surface area (Å²) in [6, 6.07) is 5.76. The van der Waals surface area contributed by atoms with Crippen molar-refractivity contribution in [1.29, 1.82) is 0 Å². The zero-order valence-corrected chi connectivity index (χ0v) is 7.54. The summed E-state index contributed by atoms with van der Waals surface area (Å²) in [5.74, 6) is 0.391. The molecular formula is C11H14O. The molecule has 0 atom stereocenters. The minimum atomic E-state index is 0.391. The summed E-state index contributed by atoms with van der Waals surface area (Å²) in [5.41, 5.74) is 1.82. The smallest absolute Gasteiger partial charge is 0.125 e. The zero-order valence-electron chi connectivity index (χ0n) is 7.54. The molecule has 1 aromatic carbocycles. The molecule has 1 nitrogen and oxygen atoms in total. The fourth-order valence-electron chi connectivity index (χ4n) is 1.06. The molecule has 0 radical (unpaired) electrons. The van der Waals surface area contributed by atoms with Crippen molar-refractivity contribution in [2.75, 3.05) is 0 Å². The molecule has 0 aliphatic rings. The van der Waals surface area contributed by atoms with Gasteiger partial charge in [0, 0.05) is 5.56 Å². The molecule has 0 unspecified atom stereocenters. The van der Waals surface area contributed by atoms with E-state index in [1.807, 2.05) is 37.3 Å². The number of phenols is 1. The van der Waals surface area contributed by atoms with Crippen LogP contribution in [0.15, 0.2) is 24.3 Å². The number of rotatable bonds is 2. The molecule has 1 N–H and O–H groups in total. The second-order valence-electron chi connectivity index (χ2n) is 2.82. The molecule has 0 heterocycles. The lowest BCUT2D eigenvalue weighted by molar-refractivity contribution is 0.470. The highest BCUT2D eigenvalue weighted by Gasteiger charge is 1.98. The largest absolute Gasteiger partial charge is 0.507 e. The number of aryl methyl sites for hydroxylation is 1. The van der Waals surface area contributed by atoms with Gasteiger partial charge in [-0.1, -0.05) is 37.3 Å². The lowest BCUT2D eigenvalue weighted by Gasteiger charge is -2.01. The predicted octanol–water partition coefficient (Wildman–Crippen LogP) is 3.12. The number of aromatic hydroxyl groups is 1. The first-order valence-electron chi connectivity index (χ1n) is 4.20. The SMILES string of the molecule is CC/C=C/c1cccc(C)c1O. The second-order valence-corrected chi connectivity index (χ2v) is 2.82. The number of allylic oxidation sites excluding steroid dienone is 1. The molecule has 64 valence electrons. The molecule has 1 heteroatoms. The Balaban J connectivity index is 3.00. The van der Waals surface area contributed by atoms with E-state index in [0.29, 0.717) is 5.75 Å². The van der Waals surface area contributed by atoms with Gasteiger partial charge >= 0.3 is 0 Å². The van der Waals surface area contributed by atoms with Gasteiger partial charge in [-0.25, -0.2) is 0 Å². The molecule has 0 aliphatic heterocycles. The van der Waals surface area contributed by atoms with Crippen LogP contribution in [0.1, 0.15) is 24.5 Å². The van der Waals surface area contributed by atoms with E-state index in [9.17, 15) is 5.11 Å². The van der Waals surface area contributed by atoms with Crippen molar-refractivity contribution in [2.24, 2.45) is 0 Å². The number of benzene rings is 1. The molecule has 0 bridgehead atoms. The molecule has 0 saturated carbocycles. The van der Waals surface area contributed by atoms with Crippen molar-refractivity contribution in [2.45, 2.75) is 20.3 Å². The first kappa shape index (κ1) is 8.85. The van der Waals surface area contributed by atoms with Crippen LogP contribution in [0.2, 0.25) is 0 Å². The second kappa shape index (κ2) is 3.96. The lowest BCUT2D eigenvalue weighted by Crippen LogP contribution is -1.78. The van der Waals surface area contributed by atoms with E-state index in [-0.39, 0.29) is 0 Å². The third kappa shape index (κ3) is 1.88. The summed E-state index contributed by atoms with van der Waals surface area (Å²) in [6.07, 6.45) is 4.98. The van der Waals surface area contributed by atoms with Crippen LogP contribution in [0.5, 0.6) is 5.75 Å². The molecule has 0 amide bonds. The van der Waals surface area contributed by atoms with E-state index in [0.717, 1.165) is 17.5 Å². The summed E-state index contributed by atoms with van der Waals surface area (Å²) < 4.78 is 0. The Hall–Kier alpha value is -1.24. The van der Waals surface area contributed by atoms with Crippen LogP contribution in [0, 0.1) is 6.92 Å². The van der Waals surface area contributed by atoms with Crippen LogP contribution < -0.4 is 0 Å². The van der Waals surface area contributed by atoms with E-state index in [1.54, 1.807) is 0 Å². The van der Waals surface area contributed by atoms with Gasteiger partial charge in [0.05, 0.1) is 0 Å². The number of phenolic OH excluding ortho intramolecular Hbond substituents is 1. The van der Waals surface area contributed by atoms with Gasteiger partial charge in [0.2, 0.25) is 0 Å². The Morgan fingerprint density at radius 3 is 2.83 bits per heavy atom. The molecule has 1 aromatic rings. The highest BCUT2D eigenvalue weighted by Crippen LogP contribution is 2.22. The summed E-state index contributed by atoms with van der Waals surface area (Å²) in [6.45, 7) is 3.97. The number of hydrogen-bond acceptors (Lipinski definition) is 1. The standard InChI is InChI=1S/C11H14O/c1-3-4-7-10-8-5-6-9(2)11(10)12/h4-8,12H,3H2,1-2H3/b7-4+. The monoisotopic (exact) mass is 162 g/mol. The molecule has 0 aliphatic carbocycles. The highest BCUT2D eigenvalue weighted by atomic mass is 16.3. The zero-order chi connectivity index (χ0) is 8.97. The lowest BCUT2D eigenvalue weighted by atomic mass is 10.1. The quantitative estimate of drug-likeness (QED) is 0.708. The van der Waals surface area contributed by atoms with E-state index < -0.39 is 0 Å². The fraction of sp³-hybridized carbons (Fsp3) is 0.273. The van der Waals surface area contributed by atoms with E-state index >= 15 is 0 Å². The molecule has 1 rings (SSSR count). The van der Waals surface area contributed by atoms with Crippen molar-refractivity contribution in [3.05, 3.63) is 35.4 Å². The topological polar surface area (TPSA) is 20.2 Å². The Kier molecular flexibility index (Phi) is 2.92. The molecule has 0 aromatic heterocycles. The van der Waals surface area contributed by atoms with Gasteiger partial charge in [0.25, 0.3) is 0 Å². The predicted molar refractivity (Wildman–Crippen MR) is 52.2 cm³/mol. The average molecular weight is 162 g/mol. The van der Waals surface area contributed by atoms with Crippen LogP contribution in [-0.4, -0.2) is 5.11 Å². The van der Waals surface area contributed by atoms with Crippen LogP contribution in [0.3, 0.4) is 0 Å². The van der Waals surface area contributed by atoms with Crippen LogP contribution in [-0.2, 0) is 0 Å². The molecule has 0 fully saturated rings. The minimum Gasteiger partial charge on any atom is -0.507 e. The average Bonchev–Trinajstić information content (AvgIpc) is 2.08. The van der Waals surface area contributed by atoms with Gasteiger partial charge in [-0.15, -0.1) is 0 Å². The van der Waals surface area contributed by atoms with Gasteiger partial charge in [-0.2, -0.15) is 0 Å². The van der Waals surface area contributed by atoms with Crippen molar-refractivity contribution in [3.63, 3.8) is 0 Å². The normalized spacial score (nSPS) is 10.8. The summed E-state index contributed by atoms with van der Waals surface area (Å²) >= 11 is 0. The maximum Gasteiger partial charge on any atom is 0.125 e. The Morgan fingerprint density at radius 2 is 2.17 bits per heavy atom. The fourth-order valence-corrected chi connectivity index (χ4v) is 1.06. The van der Waals surface area contributed by atoms with Crippen molar-refractivity contribution < 1.29 is 5.11 Å². The Morgan fingerprint density at radius 1 is 1.42 bits per heavy atom. The van der Waals surface area contributed by atoms with Gasteiger partial charge in [-0.05, 0) is 18.9 Å². The molecule has 12 heavy (non-hydrogen) atoms. The minimum absolute atomic E-state index is 0.391. The van der Waals surface area contributed by atoms with E-state index in [4.69, 9.17) is 0 Å². The maximum absolute atomic E-state index is 9.57. The van der Waals surface area contributed by atoms with Gasteiger partial charge in [-0.3, -0.25) is 0 Å². The van der Waals surface area contributed by atoms with Crippen molar-refractivity contribution >= 4 is 6.08 Å². The van der Waals surface area contributed by atoms with Crippen molar-refractivity contribution in [1.82, 2.24) is 0 Å². The molecule has 0 saturated heterocycles. The van der Waals surface area contributed by atoms with Crippen molar-refractivity contribution in [3.8, 4) is 5.75 Å². The van der Waals surface area contributed by atoms with Gasteiger partial charge in [0.15, 0.2) is 0 Å². The van der Waals surface area contributed by atoms with Crippen LogP contribution in [0.25, 0.3) is 6.08 Å². The Bertz CT molecular complexity index is 287. The third-order valence-corrected chi connectivity index (χ3v) is 1.80. The van der Waals surface area contributed by atoms with Crippen LogP contribution in [0.4, 0.5) is 0 Å². The molecule has 0 spiro atoms. The maximum atomic E-state index is 9.57. The summed E-state index contributed by atoms with van der Waals surface area (Å²) in [4.78, 5) is 0. The first-order chi connectivity index (χ1) is 5.75. The molecular weight excluding hydrogens is 148 g/mol.